The third-order valence-corrected chi connectivity index (χ3v) is 3.97. The molecule has 1 aliphatic rings. The summed E-state index contributed by atoms with van der Waals surface area (Å²) in [6, 6.07) is 6.21. The first-order valence-electron chi connectivity index (χ1n) is 7.19. The highest BCUT2D eigenvalue weighted by molar-refractivity contribution is 5.59. The molecule has 0 radical (unpaired) electrons. The van der Waals surface area contributed by atoms with E-state index in [2.05, 4.69) is 5.32 Å². The van der Waals surface area contributed by atoms with Gasteiger partial charge in [-0.2, -0.15) is 5.26 Å². The lowest BCUT2D eigenvalue weighted by molar-refractivity contribution is -0.385. The Kier molecular flexibility index (Phi) is 4.76. The Hall–Kier alpha value is -2.13. The smallest absolute Gasteiger partial charge is 0.289 e. The quantitative estimate of drug-likeness (QED) is 0.504. The van der Waals surface area contributed by atoms with E-state index in [-0.39, 0.29) is 11.3 Å². The van der Waals surface area contributed by atoms with Crippen LogP contribution >= 0.6 is 0 Å². The highest BCUT2D eigenvalue weighted by Gasteiger charge is 2.27. The van der Waals surface area contributed by atoms with Gasteiger partial charge in [-0.25, -0.2) is 0 Å². The molecule has 1 aromatic rings. The summed E-state index contributed by atoms with van der Waals surface area (Å²) in [7, 11) is 0. The summed E-state index contributed by atoms with van der Waals surface area (Å²) < 4.78 is 0. The average molecular weight is 289 g/mol. The van der Waals surface area contributed by atoms with Gasteiger partial charge >= 0.3 is 0 Å². The summed E-state index contributed by atoms with van der Waals surface area (Å²) in [5.41, 5.74) is -0.369. The molecule has 0 bridgehead atoms. The van der Waals surface area contributed by atoms with Crippen molar-refractivity contribution in [3.8, 4) is 6.07 Å². The van der Waals surface area contributed by atoms with Crippen LogP contribution in [0.25, 0.3) is 0 Å². The third-order valence-electron chi connectivity index (χ3n) is 3.97. The number of nitro benzene ring substituents is 1. The van der Waals surface area contributed by atoms with Crippen LogP contribution in [0.5, 0.6) is 0 Å². The number of hydrogen-bond donors (Lipinski definition) is 2. The van der Waals surface area contributed by atoms with Gasteiger partial charge in [0.2, 0.25) is 0 Å². The van der Waals surface area contributed by atoms with Gasteiger partial charge in [0.05, 0.1) is 10.5 Å². The Balaban J connectivity index is 2.08. The van der Waals surface area contributed by atoms with Gasteiger partial charge in [0.25, 0.3) is 5.69 Å². The highest BCUT2D eigenvalue weighted by atomic mass is 16.6. The van der Waals surface area contributed by atoms with Crippen LogP contribution in [0.4, 0.5) is 11.4 Å². The largest absolute Gasteiger partial charge is 0.388 e. The van der Waals surface area contributed by atoms with Crippen LogP contribution in [-0.4, -0.2) is 22.2 Å². The molecule has 0 saturated heterocycles. The molecule has 6 nitrogen and oxygen atoms in total. The van der Waals surface area contributed by atoms with Crippen LogP contribution in [0.2, 0.25) is 0 Å². The Morgan fingerprint density at radius 3 is 2.57 bits per heavy atom. The second-order valence-electron chi connectivity index (χ2n) is 5.59. The number of nitro groups is 1. The molecule has 6 heteroatoms. The van der Waals surface area contributed by atoms with Gasteiger partial charge in [-0.15, -0.1) is 0 Å². The first kappa shape index (κ1) is 15.3. The van der Waals surface area contributed by atoms with Gasteiger partial charge in [-0.1, -0.05) is 25.7 Å². The summed E-state index contributed by atoms with van der Waals surface area (Å²) in [6.07, 6.45) is 5.80. The van der Waals surface area contributed by atoms with Crippen LogP contribution < -0.4 is 5.32 Å². The molecular weight excluding hydrogens is 270 g/mol. The Morgan fingerprint density at radius 1 is 1.33 bits per heavy atom. The minimum absolute atomic E-state index is 0.0405. The van der Waals surface area contributed by atoms with Crippen molar-refractivity contribution in [2.45, 2.75) is 44.1 Å². The molecule has 1 aromatic carbocycles. The minimum Gasteiger partial charge on any atom is -0.388 e. The Morgan fingerprint density at radius 2 is 2.00 bits per heavy atom. The maximum absolute atomic E-state index is 10.9. The molecule has 0 atom stereocenters. The van der Waals surface area contributed by atoms with E-state index < -0.39 is 10.5 Å². The van der Waals surface area contributed by atoms with Crippen molar-refractivity contribution in [1.82, 2.24) is 0 Å². The average Bonchev–Trinajstić information content (AvgIpc) is 2.70. The molecule has 0 spiro atoms. The monoisotopic (exact) mass is 289 g/mol. The standard InChI is InChI=1S/C15H19N3O3/c16-10-12-5-6-13(9-14(12)18(20)21)17-11-15(19)7-3-1-2-4-8-15/h5-6,9,17,19H,1-4,7-8,11H2. The molecule has 1 fully saturated rings. The van der Waals surface area contributed by atoms with Crippen molar-refractivity contribution in [3.05, 3.63) is 33.9 Å². The predicted molar refractivity (Wildman–Crippen MR) is 79.0 cm³/mol. The molecule has 1 aliphatic carbocycles. The summed E-state index contributed by atoms with van der Waals surface area (Å²) in [5.74, 6) is 0. The van der Waals surface area contributed by atoms with E-state index in [1.807, 2.05) is 0 Å². The maximum atomic E-state index is 10.9. The minimum atomic E-state index is -0.751. The fourth-order valence-corrected chi connectivity index (χ4v) is 2.72. The first-order chi connectivity index (χ1) is 10.0. The van der Waals surface area contributed by atoms with Crippen LogP contribution in [0.1, 0.15) is 44.1 Å². The molecule has 1 saturated carbocycles. The van der Waals surface area contributed by atoms with E-state index >= 15 is 0 Å². The number of nitrogens with zero attached hydrogens (tertiary/aromatic N) is 2. The number of nitriles is 1. The summed E-state index contributed by atoms with van der Waals surface area (Å²) >= 11 is 0. The molecule has 0 aromatic heterocycles. The normalized spacial score (nSPS) is 17.5. The van der Waals surface area contributed by atoms with Crippen molar-refractivity contribution in [3.63, 3.8) is 0 Å². The molecule has 0 aliphatic heterocycles. The molecule has 0 heterocycles. The number of hydrogen-bond acceptors (Lipinski definition) is 5. The Labute approximate surface area is 123 Å². The van der Waals surface area contributed by atoms with E-state index in [0.29, 0.717) is 12.2 Å². The lowest BCUT2D eigenvalue weighted by Gasteiger charge is -2.27. The fourth-order valence-electron chi connectivity index (χ4n) is 2.72. The summed E-state index contributed by atoms with van der Waals surface area (Å²) in [5, 5.41) is 33.4. The first-order valence-corrected chi connectivity index (χ1v) is 7.19. The van der Waals surface area contributed by atoms with Crippen LogP contribution in [-0.2, 0) is 0 Å². The zero-order chi connectivity index (χ0) is 15.3. The van der Waals surface area contributed by atoms with Gasteiger partial charge in [0.15, 0.2) is 0 Å². The lowest BCUT2D eigenvalue weighted by Crippen LogP contribution is -2.36. The van der Waals surface area contributed by atoms with Crippen molar-refractivity contribution in [2.75, 3.05) is 11.9 Å². The lowest BCUT2D eigenvalue weighted by atomic mass is 9.94. The molecule has 112 valence electrons. The van der Waals surface area contributed by atoms with E-state index in [4.69, 9.17) is 5.26 Å². The van der Waals surface area contributed by atoms with Crippen molar-refractivity contribution >= 4 is 11.4 Å². The van der Waals surface area contributed by atoms with E-state index in [9.17, 15) is 15.2 Å². The van der Waals surface area contributed by atoms with Gasteiger partial charge < -0.3 is 10.4 Å². The maximum Gasteiger partial charge on any atom is 0.289 e. The van der Waals surface area contributed by atoms with E-state index in [1.165, 1.54) is 12.1 Å². The van der Waals surface area contributed by atoms with Gasteiger partial charge in [-0.05, 0) is 25.0 Å². The van der Waals surface area contributed by atoms with Crippen molar-refractivity contribution in [1.29, 1.82) is 5.26 Å². The van der Waals surface area contributed by atoms with Crippen LogP contribution in [0.15, 0.2) is 18.2 Å². The SMILES string of the molecule is N#Cc1ccc(NCC2(O)CCCCCC2)cc1[N+](=O)[O-]. The van der Waals surface area contributed by atoms with E-state index in [1.54, 1.807) is 12.1 Å². The van der Waals surface area contributed by atoms with Gasteiger partial charge in [-0.3, -0.25) is 10.1 Å². The molecular formula is C15H19N3O3. The fraction of sp³-hybridized carbons (Fsp3) is 0.533. The Bertz CT molecular complexity index is 558. The zero-order valence-electron chi connectivity index (χ0n) is 11.8. The van der Waals surface area contributed by atoms with E-state index in [0.717, 1.165) is 38.5 Å². The van der Waals surface area contributed by atoms with Crippen molar-refractivity contribution < 1.29 is 10.0 Å². The van der Waals surface area contributed by atoms with Crippen LogP contribution in [0.3, 0.4) is 0 Å². The molecule has 21 heavy (non-hydrogen) atoms. The zero-order valence-corrected chi connectivity index (χ0v) is 11.8. The van der Waals surface area contributed by atoms with Crippen molar-refractivity contribution in [2.24, 2.45) is 0 Å². The number of anilines is 1. The molecule has 0 unspecified atom stereocenters. The summed E-state index contributed by atoms with van der Waals surface area (Å²) in [4.78, 5) is 10.4. The second-order valence-corrected chi connectivity index (χ2v) is 5.59. The number of aliphatic hydroxyl groups is 1. The van der Waals surface area contributed by atoms with Crippen LogP contribution in [0, 0.1) is 21.4 Å². The third kappa shape index (κ3) is 3.92. The summed E-state index contributed by atoms with van der Waals surface area (Å²) in [6.45, 7) is 0.371. The topological polar surface area (TPSA) is 99.2 Å². The highest BCUT2D eigenvalue weighted by Crippen LogP contribution is 2.28. The van der Waals surface area contributed by atoms with Gasteiger partial charge in [0.1, 0.15) is 11.6 Å². The van der Waals surface area contributed by atoms with Gasteiger partial charge in [0, 0.05) is 18.3 Å². The molecule has 0 amide bonds. The number of benzene rings is 1. The predicted octanol–water partition coefficient (Wildman–Crippen LogP) is 2.96. The second kappa shape index (κ2) is 6.55. The molecule has 2 rings (SSSR count). The number of rotatable bonds is 4. The number of nitrogens with one attached hydrogen (secondary N) is 1. The molecule has 2 N–H and O–H groups in total.